The summed E-state index contributed by atoms with van der Waals surface area (Å²) in [4.78, 5) is 16.5. The molecule has 0 saturated carbocycles. The van der Waals surface area contributed by atoms with Crippen molar-refractivity contribution in [3.05, 3.63) is 82.8 Å². The van der Waals surface area contributed by atoms with Crippen LogP contribution in [0.4, 0.5) is 0 Å². The Morgan fingerprint density at radius 3 is 2.65 bits per heavy atom. The van der Waals surface area contributed by atoms with Crippen molar-refractivity contribution in [3.63, 3.8) is 0 Å². The van der Waals surface area contributed by atoms with Gasteiger partial charge in [0.2, 0.25) is 5.89 Å². The minimum absolute atomic E-state index is 0.190. The molecule has 0 aliphatic carbocycles. The number of ether oxygens (including phenoxy) is 1. The SMILES string of the molecule is CC(=O)C1=C(Cc2ccc(OCCc3nc(-c4ccccc4)oc3C)cc2)CNCC1. The predicted octanol–water partition coefficient (Wildman–Crippen LogP) is 4.69. The number of Topliss-reactive ketones (excluding diaryl/α,β-unsaturated/α-hetero) is 1. The molecule has 0 amide bonds. The van der Waals surface area contributed by atoms with Gasteiger partial charge >= 0.3 is 0 Å². The highest BCUT2D eigenvalue weighted by Gasteiger charge is 2.16. The van der Waals surface area contributed by atoms with E-state index in [4.69, 9.17) is 9.15 Å². The van der Waals surface area contributed by atoms with Gasteiger partial charge in [-0.05, 0) is 74.2 Å². The first-order valence-electron chi connectivity index (χ1n) is 10.8. The lowest BCUT2D eigenvalue weighted by Crippen LogP contribution is -2.28. The smallest absolute Gasteiger partial charge is 0.226 e. The van der Waals surface area contributed by atoms with Crippen LogP contribution in [0.25, 0.3) is 11.5 Å². The first kappa shape index (κ1) is 21.1. The fraction of sp³-hybridized carbons (Fsp3) is 0.308. The van der Waals surface area contributed by atoms with Gasteiger partial charge in [0, 0.05) is 18.5 Å². The zero-order valence-corrected chi connectivity index (χ0v) is 18.1. The van der Waals surface area contributed by atoms with Crippen molar-refractivity contribution in [1.29, 1.82) is 0 Å². The van der Waals surface area contributed by atoms with E-state index in [1.807, 2.05) is 49.4 Å². The molecule has 5 nitrogen and oxygen atoms in total. The van der Waals surface area contributed by atoms with Crippen LogP contribution in [0.5, 0.6) is 5.75 Å². The van der Waals surface area contributed by atoms with Gasteiger partial charge in [0.25, 0.3) is 0 Å². The van der Waals surface area contributed by atoms with E-state index in [0.29, 0.717) is 18.9 Å². The van der Waals surface area contributed by atoms with Gasteiger partial charge in [-0.1, -0.05) is 30.3 Å². The number of hydrogen-bond acceptors (Lipinski definition) is 5. The van der Waals surface area contributed by atoms with E-state index in [1.54, 1.807) is 6.92 Å². The Hall–Kier alpha value is -3.18. The molecular weight excluding hydrogens is 388 g/mol. The normalized spacial score (nSPS) is 14.0. The predicted molar refractivity (Wildman–Crippen MR) is 121 cm³/mol. The lowest BCUT2D eigenvalue weighted by atomic mass is 9.93. The van der Waals surface area contributed by atoms with E-state index >= 15 is 0 Å². The maximum Gasteiger partial charge on any atom is 0.226 e. The van der Waals surface area contributed by atoms with Crippen LogP contribution in [0.1, 0.15) is 30.4 Å². The fourth-order valence-corrected chi connectivity index (χ4v) is 3.91. The fourth-order valence-electron chi connectivity index (χ4n) is 3.91. The van der Waals surface area contributed by atoms with E-state index < -0.39 is 0 Å². The molecular formula is C26H28N2O3. The third kappa shape index (κ3) is 5.30. The van der Waals surface area contributed by atoms with Crippen molar-refractivity contribution in [2.24, 2.45) is 0 Å². The number of rotatable bonds is 8. The Morgan fingerprint density at radius 1 is 1.13 bits per heavy atom. The first-order valence-corrected chi connectivity index (χ1v) is 10.8. The van der Waals surface area contributed by atoms with Crippen molar-refractivity contribution in [2.45, 2.75) is 33.1 Å². The van der Waals surface area contributed by atoms with Crippen LogP contribution in [0.3, 0.4) is 0 Å². The van der Waals surface area contributed by atoms with E-state index in [2.05, 4.69) is 22.4 Å². The number of nitrogens with zero attached hydrogens (tertiary/aromatic N) is 1. The summed E-state index contributed by atoms with van der Waals surface area (Å²) in [5.41, 5.74) is 5.26. The largest absolute Gasteiger partial charge is 0.493 e. The average Bonchev–Trinajstić information content (AvgIpc) is 3.16. The number of benzene rings is 2. The molecule has 0 fully saturated rings. The quantitative estimate of drug-likeness (QED) is 0.577. The number of carbonyl (C=O) groups excluding carboxylic acids is 1. The van der Waals surface area contributed by atoms with Gasteiger partial charge in [-0.25, -0.2) is 4.98 Å². The Labute approximate surface area is 183 Å². The molecule has 5 heteroatoms. The minimum atomic E-state index is 0.190. The molecule has 4 rings (SSSR count). The number of aryl methyl sites for hydroxylation is 1. The highest BCUT2D eigenvalue weighted by molar-refractivity contribution is 5.94. The number of nitrogens with one attached hydrogen (secondary N) is 1. The second-order valence-corrected chi connectivity index (χ2v) is 7.87. The molecule has 1 aliphatic rings. The molecule has 160 valence electrons. The van der Waals surface area contributed by atoms with Crippen LogP contribution in [0.15, 0.2) is 70.2 Å². The van der Waals surface area contributed by atoms with Crippen molar-refractivity contribution in [1.82, 2.24) is 10.3 Å². The molecule has 2 heterocycles. The lowest BCUT2D eigenvalue weighted by molar-refractivity contribution is -0.113. The molecule has 3 aromatic rings. The van der Waals surface area contributed by atoms with Crippen LogP contribution < -0.4 is 10.1 Å². The Balaban J connectivity index is 1.33. The molecule has 1 aliphatic heterocycles. The van der Waals surface area contributed by atoms with Crippen LogP contribution in [0.2, 0.25) is 0 Å². The van der Waals surface area contributed by atoms with Crippen LogP contribution in [-0.2, 0) is 17.6 Å². The minimum Gasteiger partial charge on any atom is -0.493 e. The summed E-state index contributed by atoms with van der Waals surface area (Å²) in [5, 5.41) is 3.36. The molecule has 31 heavy (non-hydrogen) atoms. The average molecular weight is 417 g/mol. The monoisotopic (exact) mass is 416 g/mol. The first-order chi connectivity index (χ1) is 15.1. The summed E-state index contributed by atoms with van der Waals surface area (Å²) in [6.07, 6.45) is 2.30. The molecule has 0 saturated heterocycles. The number of hydrogen-bond donors (Lipinski definition) is 1. The summed E-state index contributed by atoms with van der Waals surface area (Å²) in [7, 11) is 0. The second kappa shape index (κ2) is 9.75. The Morgan fingerprint density at radius 2 is 1.90 bits per heavy atom. The molecule has 2 aromatic carbocycles. The summed E-state index contributed by atoms with van der Waals surface area (Å²) >= 11 is 0. The summed E-state index contributed by atoms with van der Waals surface area (Å²) < 4.78 is 11.7. The number of carbonyl (C=O) groups is 1. The zero-order valence-electron chi connectivity index (χ0n) is 18.1. The van der Waals surface area contributed by atoms with E-state index in [9.17, 15) is 4.79 Å². The van der Waals surface area contributed by atoms with Gasteiger partial charge in [0.1, 0.15) is 11.5 Å². The zero-order chi connectivity index (χ0) is 21.6. The second-order valence-electron chi connectivity index (χ2n) is 7.87. The highest BCUT2D eigenvalue weighted by Crippen LogP contribution is 2.23. The number of aromatic nitrogens is 1. The molecule has 1 N–H and O–H groups in total. The van der Waals surface area contributed by atoms with E-state index in [-0.39, 0.29) is 5.78 Å². The lowest BCUT2D eigenvalue weighted by Gasteiger charge is -2.20. The third-order valence-electron chi connectivity index (χ3n) is 5.60. The van der Waals surface area contributed by atoms with Crippen molar-refractivity contribution in [2.75, 3.05) is 19.7 Å². The van der Waals surface area contributed by atoms with Gasteiger partial charge in [-0.15, -0.1) is 0 Å². The third-order valence-corrected chi connectivity index (χ3v) is 5.60. The van der Waals surface area contributed by atoms with Crippen molar-refractivity contribution < 1.29 is 13.9 Å². The standard InChI is InChI=1S/C26H28N2O3/c1-18(29)24-12-14-27-17-22(24)16-20-8-10-23(11-9-20)30-15-13-25-19(2)31-26(28-25)21-6-4-3-5-7-21/h3-11,27H,12-17H2,1-2H3. The Kier molecular flexibility index (Phi) is 6.63. The molecule has 1 aromatic heterocycles. The molecule has 0 bridgehead atoms. The van der Waals surface area contributed by atoms with Crippen LogP contribution >= 0.6 is 0 Å². The van der Waals surface area contributed by atoms with E-state index in [1.165, 1.54) is 11.1 Å². The number of ketones is 1. The van der Waals surface area contributed by atoms with Gasteiger partial charge in [0.05, 0.1) is 12.3 Å². The van der Waals surface area contributed by atoms with Crippen LogP contribution in [-0.4, -0.2) is 30.5 Å². The highest BCUT2D eigenvalue weighted by atomic mass is 16.5. The maximum atomic E-state index is 11.9. The molecule has 0 radical (unpaired) electrons. The van der Waals surface area contributed by atoms with Crippen LogP contribution in [0, 0.1) is 6.92 Å². The van der Waals surface area contributed by atoms with Crippen molar-refractivity contribution >= 4 is 5.78 Å². The summed E-state index contributed by atoms with van der Waals surface area (Å²) in [6, 6.07) is 18.0. The molecule has 0 unspecified atom stereocenters. The van der Waals surface area contributed by atoms with Gasteiger partial charge in [0.15, 0.2) is 5.78 Å². The van der Waals surface area contributed by atoms with Gasteiger partial charge < -0.3 is 14.5 Å². The number of oxazole rings is 1. The summed E-state index contributed by atoms with van der Waals surface area (Å²) in [5.74, 6) is 2.49. The van der Waals surface area contributed by atoms with Gasteiger partial charge in [-0.3, -0.25) is 4.79 Å². The molecule has 0 spiro atoms. The summed E-state index contributed by atoms with van der Waals surface area (Å²) in [6.45, 7) is 5.80. The van der Waals surface area contributed by atoms with Crippen molar-refractivity contribution in [3.8, 4) is 17.2 Å². The van der Waals surface area contributed by atoms with Gasteiger partial charge in [-0.2, -0.15) is 0 Å². The Bertz CT molecular complexity index is 1070. The van der Waals surface area contributed by atoms with E-state index in [0.717, 1.165) is 54.3 Å². The molecule has 0 atom stereocenters. The maximum absolute atomic E-state index is 11.9. The topological polar surface area (TPSA) is 64.4 Å².